The third-order valence-electron chi connectivity index (χ3n) is 0.580. The number of carbonyl (C=O) groups is 1. The Morgan fingerprint density at radius 3 is 1.54 bits per heavy atom. The number of esters is 1. The monoisotopic (exact) mass is 224 g/mol. The zero-order valence-corrected chi connectivity index (χ0v) is 7.44. The van der Waals surface area contributed by atoms with Crippen LogP contribution in [0.1, 0.15) is 6.92 Å². The molecule has 0 bridgehead atoms. The molecule has 0 aliphatic rings. The zero-order chi connectivity index (χ0) is 11.3. The molecule has 80 valence electrons. The number of hydrogen-bond donors (Lipinski definition) is 1. The average molecular weight is 224 g/mol. The summed E-state index contributed by atoms with van der Waals surface area (Å²) in [6, 6.07) is 0. The van der Waals surface area contributed by atoms with Crippen molar-refractivity contribution in [1.29, 1.82) is 0 Å². The normalized spacial score (nSPS) is 11.2. The highest BCUT2D eigenvalue weighted by atomic mass is 32.2. The van der Waals surface area contributed by atoms with E-state index in [1.54, 1.807) is 0 Å². The van der Waals surface area contributed by atoms with E-state index in [4.69, 9.17) is 13.0 Å². The van der Waals surface area contributed by atoms with E-state index in [0.29, 0.717) is 0 Å². The van der Waals surface area contributed by atoms with Gasteiger partial charge in [-0.1, -0.05) is 0 Å². The highest BCUT2D eigenvalue weighted by Gasteiger charge is 2.44. The molecule has 0 aliphatic heterocycles. The van der Waals surface area contributed by atoms with Crippen LogP contribution in [0.25, 0.3) is 0 Å². The van der Waals surface area contributed by atoms with Crippen LogP contribution >= 0.6 is 0 Å². The van der Waals surface area contributed by atoms with Crippen LogP contribution in [0.4, 0.5) is 13.2 Å². The number of rotatable bonds is 0. The second kappa shape index (κ2) is 5.02. The van der Waals surface area contributed by atoms with E-state index in [0.717, 1.165) is 0 Å². The Bertz CT molecular complexity index is 253. The summed E-state index contributed by atoms with van der Waals surface area (Å²) in [5.41, 5.74) is -5.53. The van der Waals surface area contributed by atoms with Crippen LogP contribution in [0.3, 0.4) is 0 Å². The standard InChI is InChI=1S/C3H6O2.CHF3O3S/c1-3(4)5-2;2-1(3,4)8(5,6)7/h1-2H3;(H,5,6,7). The Labute approximate surface area is 72.2 Å². The first-order valence-corrected chi connectivity index (χ1v) is 4.04. The summed E-state index contributed by atoms with van der Waals surface area (Å²) in [5.74, 6) is -0.245. The molecule has 0 amide bonds. The maximum absolute atomic E-state index is 10.7. The predicted octanol–water partition coefficient (Wildman–Crippen LogP) is 0.573. The first-order chi connectivity index (χ1) is 5.52. The predicted molar refractivity (Wildman–Crippen MR) is 35.3 cm³/mol. The molecular formula is C4H7F3O5S. The SMILES string of the molecule is COC(C)=O.O=S(=O)(O)C(F)(F)F. The van der Waals surface area contributed by atoms with Gasteiger partial charge in [0, 0.05) is 6.92 Å². The van der Waals surface area contributed by atoms with Crippen molar-refractivity contribution in [2.75, 3.05) is 7.11 Å². The summed E-state index contributed by atoms with van der Waals surface area (Å²) in [6.07, 6.45) is 0. The van der Waals surface area contributed by atoms with Crippen molar-refractivity contribution in [3.63, 3.8) is 0 Å². The second-order valence-corrected chi connectivity index (χ2v) is 3.03. The van der Waals surface area contributed by atoms with Crippen LogP contribution in [0.5, 0.6) is 0 Å². The van der Waals surface area contributed by atoms with Crippen LogP contribution in [0.2, 0.25) is 0 Å². The van der Waals surface area contributed by atoms with Gasteiger partial charge in [0.05, 0.1) is 7.11 Å². The molecule has 0 saturated heterocycles. The van der Waals surface area contributed by atoms with Crippen molar-refractivity contribution in [3.8, 4) is 0 Å². The minimum Gasteiger partial charge on any atom is -0.469 e. The topological polar surface area (TPSA) is 80.7 Å². The molecule has 0 rings (SSSR count). The molecule has 0 spiro atoms. The summed E-state index contributed by atoms with van der Waals surface area (Å²) in [6.45, 7) is 1.36. The molecular weight excluding hydrogens is 217 g/mol. The maximum Gasteiger partial charge on any atom is 0.522 e. The fourth-order valence-corrected chi connectivity index (χ4v) is 0. The van der Waals surface area contributed by atoms with Crippen LogP contribution in [-0.2, 0) is 19.6 Å². The van der Waals surface area contributed by atoms with Crippen molar-refractivity contribution in [2.24, 2.45) is 0 Å². The van der Waals surface area contributed by atoms with E-state index in [-0.39, 0.29) is 5.97 Å². The summed E-state index contributed by atoms with van der Waals surface area (Å²) >= 11 is 0. The van der Waals surface area contributed by atoms with Gasteiger partial charge in [0.1, 0.15) is 0 Å². The van der Waals surface area contributed by atoms with E-state index >= 15 is 0 Å². The Hall–Kier alpha value is -0.830. The Morgan fingerprint density at radius 1 is 1.38 bits per heavy atom. The van der Waals surface area contributed by atoms with Crippen LogP contribution in [0.15, 0.2) is 0 Å². The highest BCUT2D eigenvalue weighted by molar-refractivity contribution is 7.86. The Morgan fingerprint density at radius 2 is 1.54 bits per heavy atom. The molecule has 0 aromatic rings. The number of halogens is 3. The third kappa shape index (κ3) is 9.08. The molecule has 0 saturated carbocycles. The van der Waals surface area contributed by atoms with Gasteiger partial charge in [-0.15, -0.1) is 0 Å². The first-order valence-electron chi connectivity index (χ1n) is 2.60. The van der Waals surface area contributed by atoms with Crippen molar-refractivity contribution in [1.82, 2.24) is 0 Å². The molecule has 0 radical (unpaired) electrons. The molecule has 0 unspecified atom stereocenters. The number of alkyl halides is 3. The molecule has 5 nitrogen and oxygen atoms in total. The van der Waals surface area contributed by atoms with Gasteiger partial charge in [0.15, 0.2) is 0 Å². The molecule has 13 heavy (non-hydrogen) atoms. The van der Waals surface area contributed by atoms with E-state index in [1.165, 1.54) is 14.0 Å². The average Bonchev–Trinajstić information content (AvgIpc) is 1.84. The van der Waals surface area contributed by atoms with Crippen LogP contribution in [0, 0.1) is 0 Å². The van der Waals surface area contributed by atoms with Crippen molar-refractivity contribution in [3.05, 3.63) is 0 Å². The second-order valence-electron chi connectivity index (χ2n) is 1.62. The lowest BCUT2D eigenvalue weighted by Gasteiger charge is -1.97. The molecule has 0 atom stereocenters. The van der Waals surface area contributed by atoms with Gasteiger partial charge in [0.2, 0.25) is 0 Å². The van der Waals surface area contributed by atoms with Gasteiger partial charge in [-0.3, -0.25) is 9.35 Å². The van der Waals surface area contributed by atoms with E-state index < -0.39 is 15.6 Å². The lowest BCUT2D eigenvalue weighted by Crippen LogP contribution is -2.21. The highest BCUT2D eigenvalue weighted by Crippen LogP contribution is 2.20. The van der Waals surface area contributed by atoms with Crippen molar-refractivity contribution < 1.29 is 35.7 Å². The van der Waals surface area contributed by atoms with Gasteiger partial charge in [-0.25, -0.2) is 0 Å². The summed E-state index contributed by atoms with van der Waals surface area (Å²) in [5, 5.41) is 0. The molecule has 0 aromatic carbocycles. The summed E-state index contributed by atoms with van der Waals surface area (Å²) in [4.78, 5) is 9.59. The molecule has 0 aromatic heterocycles. The fourth-order valence-electron chi connectivity index (χ4n) is 0. The molecule has 9 heteroatoms. The fraction of sp³-hybridized carbons (Fsp3) is 0.750. The van der Waals surface area contributed by atoms with Gasteiger partial charge in [0.25, 0.3) is 0 Å². The minimum atomic E-state index is -5.84. The number of carbonyl (C=O) groups excluding carboxylic acids is 1. The lowest BCUT2D eigenvalue weighted by molar-refractivity contribution is -0.137. The van der Waals surface area contributed by atoms with Gasteiger partial charge in [-0.05, 0) is 0 Å². The Kier molecular flexibility index (Phi) is 5.67. The number of methoxy groups -OCH3 is 1. The molecule has 0 aliphatic carbocycles. The van der Waals surface area contributed by atoms with Crippen LogP contribution in [-0.4, -0.2) is 31.6 Å². The molecule has 1 N–H and O–H groups in total. The number of hydrogen-bond acceptors (Lipinski definition) is 4. The number of ether oxygens (including phenoxy) is 1. The quantitative estimate of drug-likeness (QED) is 0.369. The molecule has 0 heterocycles. The Balaban J connectivity index is 0. The van der Waals surface area contributed by atoms with Gasteiger partial charge >= 0.3 is 21.6 Å². The van der Waals surface area contributed by atoms with Crippen molar-refractivity contribution in [2.45, 2.75) is 12.4 Å². The van der Waals surface area contributed by atoms with E-state index in [1.807, 2.05) is 0 Å². The maximum atomic E-state index is 10.7. The van der Waals surface area contributed by atoms with E-state index in [9.17, 15) is 18.0 Å². The lowest BCUT2D eigenvalue weighted by atomic mass is 10.8. The van der Waals surface area contributed by atoms with Crippen LogP contribution < -0.4 is 0 Å². The van der Waals surface area contributed by atoms with Gasteiger partial charge in [-0.2, -0.15) is 21.6 Å². The van der Waals surface area contributed by atoms with E-state index in [2.05, 4.69) is 4.74 Å². The minimum absolute atomic E-state index is 0.245. The smallest absolute Gasteiger partial charge is 0.469 e. The third-order valence-corrected chi connectivity index (χ3v) is 1.16. The zero-order valence-electron chi connectivity index (χ0n) is 6.62. The van der Waals surface area contributed by atoms with Gasteiger partial charge < -0.3 is 4.74 Å². The summed E-state index contributed by atoms with van der Waals surface area (Å²) < 4.78 is 61.7. The van der Waals surface area contributed by atoms with Crippen molar-refractivity contribution >= 4 is 16.1 Å². The molecule has 0 fully saturated rings. The largest absolute Gasteiger partial charge is 0.522 e. The summed E-state index contributed by atoms with van der Waals surface area (Å²) in [7, 11) is -4.49. The first kappa shape index (κ1) is 14.7.